The van der Waals surface area contributed by atoms with E-state index in [0.29, 0.717) is 11.7 Å². The molecule has 1 aliphatic heterocycles. The van der Waals surface area contributed by atoms with Crippen molar-refractivity contribution in [3.63, 3.8) is 0 Å². The molecular formula is C16H23N3O3. The first-order chi connectivity index (χ1) is 10.6. The lowest BCUT2D eigenvalue weighted by Crippen LogP contribution is -2.47. The predicted octanol–water partition coefficient (Wildman–Crippen LogP) is 1.74. The summed E-state index contributed by atoms with van der Waals surface area (Å²) in [5, 5.41) is 9.45. The van der Waals surface area contributed by atoms with Crippen LogP contribution < -0.4 is 0 Å². The molecule has 0 aromatic carbocycles. The first kappa shape index (κ1) is 15.3. The molecular weight excluding hydrogens is 282 g/mol. The van der Waals surface area contributed by atoms with Gasteiger partial charge in [-0.2, -0.15) is 0 Å². The van der Waals surface area contributed by atoms with E-state index in [2.05, 4.69) is 14.8 Å². The largest absolute Gasteiger partial charge is 0.459 e. The van der Waals surface area contributed by atoms with Gasteiger partial charge in [-0.1, -0.05) is 0 Å². The van der Waals surface area contributed by atoms with Gasteiger partial charge >= 0.3 is 0 Å². The van der Waals surface area contributed by atoms with Crippen LogP contribution in [0.15, 0.2) is 27.2 Å². The van der Waals surface area contributed by atoms with Gasteiger partial charge in [0.05, 0.1) is 18.1 Å². The number of nitrogens with zero attached hydrogens (tertiary/aromatic N) is 3. The van der Waals surface area contributed by atoms with Gasteiger partial charge in [-0.15, -0.1) is 0 Å². The summed E-state index contributed by atoms with van der Waals surface area (Å²) in [6.07, 6.45) is 1.36. The van der Waals surface area contributed by atoms with E-state index in [9.17, 15) is 5.11 Å². The van der Waals surface area contributed by atoms with Gasteiger partial charge in [0.2, 0.25) is 0 Å². The number of oxazole rings is 1. The Morgan fingerprint density at radius 3 is 2.64 bits per heavy atom. The minimum Gasteiger partial charge on any atom is -0.459 e. The van der Waals surface area contributed by atoms with Crippen LogP contribution in [0.2, 0.25) is 0 Å². The highest BCUT2D eigenvalue weighted by molar-refractivity contribution is 5.44. The lowest BCUT2D eigenvalue weighted by molar-refractivity contribution is 0.0775. The van der Waals surface area contributed by atoms with Crippen LogP contribution in [0.1, 0.15) is 18.4 Å². The number of rotatable bonds is 5. The summed E-state index contributed by atoms with van der Waals surface area (Å²) in [6.45, 7) is 9.24. The number of aryl methyl sites for hydroxylation is 1. The molecule has 0 unspecified atom stereocenters. The monoisotopic (exact) mass is 305 g/mol. The summed E-state index contributed by atoms with van der Waals surface area (Å²) in [5.74, 6) is 2.05. The molecule has 1 aliphatic rings. The van der Waals surface area contributed by atoms with E-state index in [4.69, 9.17) is 8.83 Å². The van der Waals surface area contributed by atoms with Gasteiger partial charge in [0.25, 0.3) is 5.89 Å². The van der Waals surface area contributed by atoms with Gasteiger partial charge in [-0.25, -0.2) is 4.98 Å². The first-order valence-corrected chi connectivity index (χ1v) is 7.75. The SMILES string of the molecule is Cc1oc(-c2ccco2)nc1CN1CCN(C[C@@H](C)O)CC1. The highest BCUT2D eigenvalue weighted by Crippen LogP contribution is 2.23. The Bertz CT molecular complexity index is 584. The van der Waals surface area contributed by atoms with Crippen molar-refractivity contribution in [1.29, 1.82) is 0 Å². The number of β-amino-alcohol motifs (C(OH)–C–C–N with tert-alkyl or cyclic N) is 1. The zero-order valence-corrected chi connectivity index (χ0v) is 13.2. The lowest BCUT2D eigenvalue weighted by Gasteiger charge is -2.34. The van der Waals surface area contributed by atoms with Gasteiger partial charge in [0.1, 0.15) is 5.76 Å². The van der Waals surface area contributed by atoms with E-state index < -0.39 is 0 Å². The maximum atomic E-state index is 9.45. The summed E-state index contributed by atoms with van der Waals surface area (Å²) < 4.78 is 11.0. The molecule has 0 amide bonds. The lowest BCUT2D eigenvalue weighted by atomic mass is 10.2. The molecule has 6 nitrogen and oxygen atoms in total. The molecule has 0 aliphatic carbocycles. The van der Waals surface area contributed by atoms with E-state index in [-0.39, 0.29) is 6.10 Å². The van der Waals surface area contributed by atoms with Crippen molar-refractivity contribution in [3.8, 4) is 11.7 Å². The molecule has 0 radical (unpaired) electrons. The molecule has 3 heterocycles. The van der Waals surface area contributed by atoms with E-state index in [1.54, 1.807) is 6.26 Å². The predicted molar refractivity (Wildman–Crippen MR) is 82.3 cm³/mol. The highest BCUT2D eigenvalue weighted by atomic mass is 16.4. The van der Waals surface area contributed by atoms with Gasteiger partial charge in [-0.05, 0) is 26.0 Å². The minimum absolute atomic E-state index is 0.264. The molecule has 1 atom stereocenters. The molecule has 0 bridgehead atoms. The van der Waals surface area contributed by atoms with Crippen molar-refractivity contribution in [2.24, 2.45) is 0 Å². The molecule has 1 saturated heterocycles. The molecule has 22 heavy (non-hydrogen) atoms. The zero-order valence-electron chi connectivity index (χ0n) is 13.2. The van der Waals surface area contributed by atoms with Crippen LogP contribution >= 0.6 is 0 Å². The smallest absolute Gasteiger partial charge is 0.263 e. The number of aliphatic hydroxyl groups is 1. The molecule has 120 valence electrons. The van der Waals surface area contributed by atoms with Crippen molar-refractivity contribution >= 4 is 0 Å². The summed E-state index contributed by atoms with van der Waals surface area (Å²) in [6, 6.07) is 3.68. The van der Waals surface area contributed by atoms with Crippen LogP contribution in [0, 0.1) is 6.92 Å². The van der Waals surface area contributed by atoms with Crippen LogP contribution in [0.4, 0.5) is 0 Å². The first-order valence-electron chi connectivity index (χ1n) is 7.75. The Balaban J connectivity index is 1.58. The highest BCUT2D eigenvalue weighted by Gasteiger charge is 2.21. The fourth-order valence-electron chi connectivity index (χ4n) is 2.80. The Kier molecular flexibility index (Phi) is 4.61. The summed E-state index contributed by atoms with van der Waals surface area (Å²) in [7, 11) is 0. The second kappa shape index (κ2) is 6.64. The van der Waals surface area contributed by atoms with Crippen LogP contribution in [-0.2, 0) is 6.54 Å². The van der Waals surface area contributed by atoms with E-state index in [1.807, 2.05) is 26.0 Å². The molecule has 2 aromatic rings. The summed E-state index contributed by atoms with van der Waals surface area (Å²) in [4.78, 5) is 9.23. The number of hydrogen-bond donors (Lipinski definition) is 1. The maximum absolute atomic E-state index is 9.45. The van der Waals surface area contributed by atoms with E-state index in [0.717, 1.165) is 50.7 Å². The zero-order chi connectivity index (χ0) is 15.5. The number of hydrogen-bond acceptors (Lipinski definition) is 6. The van der Waals surface area contributed by atoms with E-state index >= 15 is 0 Å². The normalized spacial score (nSPS) is 18.7. The van der Waals surface area contributed by atoms with Crippen molar-refractivity contribution in [2.75, 3.05) is 32.7 Å². The van der Waals surface area contributed by atoms with E-state index in [1.165, 1.54) is 0 Å². The van der Waals surface area contributed by atoms with Gasteiger partial charge in [-0.3, -0.25) is 9.80 Å². The van der Waals surface area contributed by atoms with Crippen molar-refractivity contribution in [3.05, 3.63) is 29.9 Å². The van der Waals surface area contributed by atoms with Gasteiger partial charge in [0, 0.05) is 39.3 Å². The number of aromatic nitrogens is 1. The quantitative estimate of drug-likeness (QED) is 0.908. The summed E-state index contributed by atoms with van der Waals surface area (Å²) in [5.41, 5.74) is 0.968. The average Bonchev–Trinajstić information content (AvgIpc) is 3.11. The maximum Gasteiger partial charge on any atom is 0.263 e. The third-order valence-electron chi connectivity index (χ3n) is 3.99. The van der Waals surface area contributed by atoms with Gasteiger partial charge in [0.15, 0.2) is 5.76 Å². The number of piperazine rings is 1. The van der Waals surface area contributed by atoms with Crippen LogP contribution in [0.25, 0.3) is 11.7 Å². The Morgan fingerprint density at radius 2 is 2.00 bits per heavy atom. The fourth-order valence-corrected chi connectivity index (χ4v) is 2.80. The van der Waals surface area contributed by atoms with Crippen molar-refractivity contribution in [1.82, 2.24) is 14.8 Å². The third-order valence-corrected chi connectivity index (χ3v) is 3.99. The average molecular weight is 305 g/mol. The summed E-state index contributed by atoms with van der Waals surface area (Å²) >= 11 is 0. The van der Waals surface area contributed by atoms with Crippen LogP contribution in [0.3, 0.4) is 0 Å². The van der Waals surface area contributed by atoms with Crippen LogP contribution in [-0.4, -0.2) is 58.7 Å². The molecule has 0 saturated carbocycles. The van der Waals surface area contributed by atoms with Gasteiger partial charge < -0.3 is 13.9 Å². The Labute approximate surface area is 130 Å². The third kappa shape index (κ3) is 3.58. The second-order valence-electron chi connectivity index (χ2n) is 5.92. The molecule has 1 fully saturated rings. The molecule has 1 N–H and O–H groups in total. The molecule has 2 aromatic heterocycles. The minimum atomic E-state index is -0.264. The van der Waals surface area contributed by atoms with Crippen molar-refractivity contribution in [2.45, 2.75) is 26.5 Å². The standard InChI is InChI=1S/C16H23N3O3/c1-12(20)10-18-5-7-19(8-6-18)11-14-13(2)22-16(17-14)15-4-3-9-21-15/h3-4,9,12,20H,5-8,10-11H2,1-2H3/t12-/m1/s1. The number of aliphatic hydroxyl groups excluding tert-OH is 1. The molecule has 6 heteroatoms. The number of furan rings is 1. The van der Waals surface area contributed by atoms with Crippen molar-refractivity contribution < 1.29 is 13.9 Å². The fraction of sp³-hybridized carbons (Fsp3) is 0.562. The molecule has 3 rings (SSSR count). The Morgan fingerprint density at radius 1 is 1.27 bits per heavy atom. The molecule has 0 spiro atoms. The Hall–Kier alpha value is -1.63. The second-order valence-corrected chi connectivity index (χ2v) is 5.92. The topological polar surface area (TPSA) is 65.9 Å². The van der Waals surface area contributed by atoms with Crippen LogP contribution in [0.5, 0.6) is 0 Å².